The highest BCUT2D eigenvalue weighted by Crippen LogP contribution is 2.56. The van der Waals surface area contributed by atoms with Gasteiger partial charge in [0.2, 0.25) is 0 Å². The van der Waals surface area contributed by atoms with Crippen molar-refractivity contribution < 1.29 is 18.0 Å². The van der Waals surface area contributed by atoms with Crippen molar-refractivity contribution in [2.75, 3.05) is 6.54 Å². The van der Waals surface area contributed by atoms with Crippen LogP contribution in [0.1, 0.15) is 86.7 Å². The predicted octanol–water partition coefficient (Wildman–Crippen LogP) is 8.14. The number of nitrogens with one attached hydrogen (secondary N) is 2. The van der Waals surface area contributed by atoms with Gasteiger partial charge >= 0.3 is 6.18 Å². The summed E-state index contributed by atoms with van der Waals surface area (Å²) in [5.74, 6) is 0.431. The lowest BCUT2D eigenvalue weighted by Gasteiger charge is -2.50. The number of allylic oxidation sites excluding steroid dienone is 1. The Bertz CT molecular complexity index is 1210. The second-order valence-electron chi connectivity index (χ2n) is 11.2. The molecule has 4 nitrogen and oxygen atoms in total. The molecule has 2 N–H and O–H groups in total. The van der Waals surface area contributed by atoms with Crippen LogP contribution in [0.15, 0.2) is 65.2 Å². The molecule has 8 heteroatoms. The highest BCUT2D eigenvalue weighted by Gasteiger charge is 2.49. The summed E-state index contributed by atoms with van der Waals surface area (Å²) in [6.45, 7) is 6.80. The van der Waals surface area contributed by atoms with E-state index in [0.29, 0.717) is 17.5 Å². The molecule has 1 fully saturated rings. The fourth-order valence-corrected chi connectivity index (χ4v) is 5.97. The molecular weight excluding hydrogens is 523 g/mol. The molecule has 0 aromatic heterocycles. The third-order valence-corrected chi connectivity index (χ3v) is 8.24. The maximum atomic E-state index is 13.1. The zero-order valence-corrected chi connectivity index (χ0v) is 23.5. The first-order valence-electron chi connectivity index (χ1n) is 13.8. The second-order valence-corrected chi connectivity index (χ2v) is 11.6. The Morgan fingerprint density at radius 2 is 1.82 bits per heavy atom. The molecule has 0 bridgehead atoms. The van der Waals surface area contributed by atoms with Crippen molar-refractivity contribution in [1.29, 1.82) is 0 Å². The first-order chi connectivity index (χ1) is 18.5. The Labute approximate surface area is 234 Å². The van der Waals surface area contributed by atoms with E-state index in [0.717, 1.165) is 50.7 Å². The quantitative estimate of drug-likeness (QED) is 0.204. The zero-order chi connectivity index (χ0) is 28.2. The number of alkyl halides is 3. The number of nitrogens with zero attached hydrogens (tertiary/aromatic N) is 1. The van der Waals surface area contributed by atoms with Gasteiger partial charge in [0.1, 0.15) is 0 Å². The molecular formula is C31H37ClF3N3O. The summed E-state index contributed by atoms with van der Waals surface area (Å²) in [7, 11) is 0. The minimum atomic E-state index is -4.46. The van der Waals surface area contributed by atoms with Crippen LogP contribution in [0, 0.1) is 11.3 Å². The number of aliphatic imine (C=N–C) groups is 1. The van der Waals surface area contributed by atoms with Crippen LogP contribution in [0.3, 0.4) is 0 Å². The molecule has 2 aromatic carbocycles. The average Bonchev–Trinajstić information content (AvgIpc) is 2.97. The molecule has 210 valence electrons. The van der Waals surface area contributed by atoms with E-state index in [2.05, 4.69) is 35.8 Å². The van der Waals surface area contributed by atoms with Gasteiger partial charge in [-0.15, -0.1) is 0 Å². The fraction of sp³-hybridized carbons (Fsp3) is 0.484. The van der Waals surface area contributed by atoms with Crippen molar-refractivity contribution in [1.82, 2.24) is 10.6 Å². The van der Waals surface area contributed by atoms with E-state index in [4.69, 9.17) is 16.6 Å². The highest BCUT2D eigenvalue weighted by molar-refractivity contribution is 6.30. The Hall–Kier alpha value is -2.80. The average molecular weight is 560 g/mol. The molecule has 2 aliphatic carbocycles. The third kappa shape index (κ3) is 6.86. The molecule has 3 unspecified atom stereocenters. The van der Waals surface area contributed by atoms with E-state index in [1.165, 1.54) is 23.3 Å². The summed E-state index contributed by atoms with van der Waals surface area (Å²) in [6, 6.07) is 12.3. The van der Waals surface area contributed by atoms with Gasteiger partial charge in [-0.1, -0.05) is 62.6 Å². The first-order valence-corrected chi connectivity index (χ1v) is 14.1. The molecule has 0 heterocycles. The van der Waals surface area contributed by atoms with Gasteiger partial charge in [-0.05, 0) is 85.9 Å². The summed E-state index contributed by atoms with van der Waals surface area (Å²) in [5, 5.41) is 7.21. The maximum absolute atomic E-state index is 13.1. The number of guanidine groups is 1. The van der Waals surface area contributed by atoms with Gasteiger partial charge in [-0.2, -0.15) is 13.2 Å². The number of carbonyl (C=O) groups excluding carboxylic acids is 1. The molecule has 0 radical (unpaired) electrons. The Balaban J connectivity index is 1.61. The van der Waals surface area contributed by atoms with E-state index >= 15 is 0 Å². The summed E-state index contributed by atoms with van der Waals surface area (Å²) < 4.78 is 39.0. The normalized spacial score (nSPS) is 23.4. The van der Waals surface area contributed by atoms with E-state index in [9.17, 15) is 18.0 Å². The number of amides is 1. The summed E-state index contributed by atoms with van der Waals surface area (Å²) in [6.07, 6.45) is 3.97. The lowest BCUT2D eigenvalue weighted by Crippen LogP contribution is -2.56. The molecule has 4 rings (SSSR count). The van der Waals surface area contributed by atoms with E-state index < -0.39 is 17.6 Å². The van der Waals surface area contributed by atoms with E-state index in [1.54, 1.807) is 0 Å². The molecule has 2 aromatic rings. The third-order valence-electron chi connectivity index (χ3n) is 7.99. The molecule has 0 aliphatic heterocycles. The van der Waals surface area contributed by atoms with Crippen LogP contribution in [0.25, 0.3) is 0 Å². The maximum Gasteiger partial charge on any atom is 0.416 e. The van der Waals surface area contributed by atoms with Crippen molar-refractivity contribution in [3.05, 3.63) is 81.9 Å². The topological polar surface area (TPSA) is 53.5 Å². The van der Waals surface area contributed by atoms with Gasteiger partial charge in [0.25, 0.3) is 5.91 Å². The summed E-state index contributed by atoms with van der Waals surface area (Å²) >= 11 is 6.15. The van der Waals surface area contributed by atoms with Gasteiger partial charge in [-0.3, -0.25) is 15.1 Å². The monoisotopic (exact) mass is 559 g/mol. The molecule has 1 amide bonds. The molecule has 1 saturated carbocycles. The van der Waals surface area contributed by atoms with Gasteiger partial charge in [0.05, 0.1) is 5.56 Å². The molecule has 39 heavy (non-hydrogen) atoms. The van der Waals surface area contributed by atoms with Crippen molar-refractivity contribution in [3.63, 3.8) is 0 Å². The van der Waals surface area contributed by atoms with Crippen molar-refractivity contribution in [3.8, 4) is 0 Å². The number of carbonyl (C=O) groups is 1. The number of benzene rings is 2. The highest BCUT2D eigenvalue weighted by atomic mass is 35.5. The largest absolute Gasteiger partial charge is 0.416 e. The van der Waals surface area contributed by atoms with Crippen LogP contribution in [-0.4, -0.2) is 24.5 Å². The molecule has 2 aliphatic rings. The van der Waals surface area contributed by atoms with Crippen LogP contribution in [-0.2, 0) is 6.18 Å². The zero-order valence-electron chi connectivity index (χ0n) is 22.7. The molecule has 0 saturated heterocycles. The van der Waals surface area contributed by atoms with Gasteiger partial charge in [0.15, 0.2) is 5.96 Å². The number of rotatable bonds is 7. The minimum absolute atomic E-state index is 0.00634. The molecule has 0 spiro atoms. The Morgan fingerprint density at radius 3 is 2.38 bits per heavy atom. The SMILES string of the molecule is CCCC12CCC1=CCC(c1ccc(Cl)cc1)CC2NC(=NCC(C)C)NC(=O)c1ccc(C(F)(F)F)cc1. The molecule has 3 atom stereocenters. The summed E-state index contributed by atoms with van der Waals surface area (Å²) in [5.41, 5.74) is 2.05. The van der Waals surface area contributed by atoms with Gasteiger partial charge < -0.3 is 5.32 Å². The number of hydrogen-bond acceptors (Lipinski definition) is 2. The first kappa shape index (κ1) is 29.2. The van der Waals surface area contributed by atoms with Gasteiger partial charge in [0, 0.05) is 28.6 Å². The second kappa shape index (κ2) is 12.2. The van der Waals surface area contributed by atoms with Gasteiger partial charge in [-0.25, -0.2) is 0 Å². The van der Waals surface area contributed by atoms with E-state index in [-0.39, 0.29) is 28.9 Å². The van der Waals surface area contributed by atoms with Crippen LogP contribution in [0.2, 0.25) is 5.02 Å². The lowest BCUT2D eigenvalue weighted by molar-refractivity contribution is -0.137. The summed E-state index contributed by atoms with van der Waals surface area (Å²) in [4.78, 5) is 17.8. The van der Waals surface area contributed by atoms with Crippen molar-refractivity contribution >= 4 is 23.5 Å². The minimum Gasteiger partial charge on any atom is -0.352 e. The number of halogens is 4. The van der Waals surface area contributed by atoms with Crippen LogP contribution in [0.5, 0.6) is 0 Å². The number of fused-ring (bicyclic) bond motifs is 1. The lowest BCUT2D eigenvalue weighted by atomic mass is 9.57. The Kier molecular flexibility index (Phi) is 9.10. The van der Waals surface area contributed by atoms with Crippen molar-refractivity contribution in [2.45, 2.75) is 77.4 Å². The van der Waals surface area contributed by atoms with Crippen LogP contribution >= 0.6 is 11.6 Å². The predicted molar refractivity (Wildman–Crippen MR) is 151 cm³/mol. The van der Waals surface area contributed by atoms with Crippen LogP contribution in [0.4, 0.5) is 13.2 Å². The van der Waals surface area contributed by atoms with E-state index in [1.807, 2.05) is 26.0 Å². The van der Waals surface area contributed by atoms with Crippen LogP contribution < -0.4 is 10.6 Å². The van der Waals surface area contributed by atoms with Crippen molar-refractivity contribution in [2.24, 2.45) is 16.3 Å². The fourth-order valence-electron chi connectivity index (χ4n) is 5.85. The number of hydrogen-bond donors (Lipinski definition) is 2. The smallest absolute Gasteiger partial charge is 0.352 e. The Morgan fingerprint density at radius 1 is 1.13 bits per heavy atom. The standard InChI is InChI=1S/C31H37ClF3N3O/c1-4-16-30-17-15-24(30)10-7-23(21-8-13-26(32)14-9-21)18-27(30)37-29(36-19-20(2)3)38-28(39)22-5-11-25(12-6-22)31(33,34)35/h5-6,8-14,20,23,27H,4,7,15-19H2,1-3H3,(H2,36,37,38,39).